The van der Waals surface area contributed by atoms with Crippen LogP contribution in [0.4, 0.5) is 4.39 Å². The molecule has 5 atom stereocenters. The van der Waals surface area contributed by atoms with Gasteiger partial charge in [0.25, 0.3) is 0 Å². The Bertz CT molecular complexity index is 514. The molecule has 21 heavy (non-hydrogen) atoms. The molecule has 0 amide bonds. The molecule has 5 N–H and O–H groups in total. The van der Waals surface area contributed by atoms with Gasteiger partial charge < -0.3 is 20.7 Å². The van der Waals surface area contributed by atoms with E-state index in [0.717, 1.165) is 0 Å². The van der Waals surface area contributed by atoms with Crippen molar-refractivity contribution in [2.24, 2.45) is 10.7 Å². The van der Waals surface area contributed by atoms with Crippen molar-refractivity contribution in [3.63, 3.8) is 0 Å². The Morgan fingerprint density at radius 2 is 2.19 bits per heavy atom. The zero-order valence-electron chi connectivity index (χ0n) is 11.7. The number of halogens is 1. The number of hydrogen-bond donors (Lipinski definition) is 4. The van der Waals surface area contributed by atoms with Gasteiger partial charge in [0.05, 0.1) is 12.7 Å². The predicted molar refractivity (Wildman–Crippen MR) is 76.3 cm³/mol. The first-order valence-corrected chi connectivity index (χ1v) is 6.64. The van der Waals surface area contributed by atoms with Gasteiger partial charge in [-0.05, 0) is 30.8 Å². The van der Waals surface area contributed by atoms with Gasteiger partial charge in [0.1, 0.15) is 30.4 Å². The van der Waals surface area contributed by atoms with Crippen LogP contribution in [0.2, 0.25) is 0 Å². The fourth-order valence-electron chi connectivity index (χ4n) is 2.33. The van der Waals surface area contributed by atoms with Gasteiger partial charge in [0, 0.05) is 0 Å². The minimum absolute atomic E-state index is 0.176. The topological polar surface area (TPSA) is 100 Å². The van der Waals surface area contributed by atoms with Gasteiger partial charge in [-0.1, -0.05) is 12.1 Å². The van der Waals surface area contributed by atoms with Crippen molar-refractivity contribution in [2.75, 3.05) is 6.67 Å². The molecule has 1 aliphatic rings. The van der Waals surface area contributed by atoms with Crippen molar-refractivity contribution >= 4 is 6.72 Å². The molecule has 116 valence electrons. The van der Waals surface area contributed by atoms with E-state index >= 15 is 0 Å². The van der Waals surface area contributed by atoms with E-state index in [-0.39, 0.29) is 12.5 Å². The predicted octanol–water partition coefficient (Wildman–Crippen LogP) is -0.172. The van der Waals surface area contributed by atoms with E-state index < -0.39 is 30.6 Å². The first-order valence-electron chi connectivity index (χ1n) is 6.64. The largest absolute Gasteiger partial charge is 0.387 e. The highest BCUT2D eigenvalue weighted by molar-refractivity contribution is 5.27. The number of ether oxygens (including phenoxy) is 1. The molecular formula is C14H20FN3O3. The summed E-state index contributed by atoms with van der Waals surface area (Å²) in [6, 6.07) is 3.85. The normalized spacial score (nSPS) is 30.3. The van der Waals surface area contributed by atoms with Crippen LogP contribution >= 0.6 is 0 Å². The summed E-state index contributed by atoms with van der Waals surface area (Å²) in [5.74, 6) is -0.374. The molecule has 1 aromatic rings. The first-order chi connectivity index (χ1) is 9.95. The molecule has 0 radical (unpaired) electrons. The van der Waals surface area contributed by atoms with Crippen LogP contribution in [0.15, 0.2) is 23.2 Å². The van der Waals surface area contributed by atoms with Gasteiger partial charge in [0.2, 0.25) is 0 Å². The summed E-state index contributed by atoms with van der Waals surface area (Å²) in [6.07, 6.45) is -3.95. The molecule has 1 heterocycles. The number of benzene rings is 1. The summed E-state index contributed by atoms with van der Waals surface area (Å²) < 4.78 is 19.1. The maximum Gasteiger partial charge on any atom is 0.139 e. The highest BCUT2D eigenvalue weighted by atomic mass is 19.1. The average Bonchev–Trinajstić information content (AvgIpc) is 2.75. The summed E-state index contributed by atoms with van der Waals surface area (Å²) in [5, 5.41) is 22.7. The molecule has 5 unspecified atom stereocenters. The Morgan fingerprint density at radius 1 is 1.48 bits per heavy atom. The maximum absolute atomic E-state index is 13.6. The smallest absolute Gasteiger partial charge is 0.139 e. The third-order valence-electron chi connectivity index (χ3n) is 3.64. The third kappa shape index (κ3) is 3.28. The Kier molecular flexibility index (Phi) is 5.02. The van der Waals surface area contributed by atoms with E-state index in [1.807, 2.05) is 0 Å². The van der Waals surface area contributed by atoms with Gasteiger partial charge in [-0.15, -0.1) is 0 Å². The lowest BCUT2D eigenvalue weighted by atomic mass is 9.96. The zero-order valence-corrected chi connectivity index (χ0v) is 11.7. The second-order valence-electron chi connectivity index (χ2n) is 5.12. The molecule has 6 nitrogen and oxygen atoms in total. The second kappa shape index (κ2) is 6.59. The minimum Gasteiger partial charge on any atom is -0.387 e. The van der Waals surface area contributed by atoms with E-state index in [0.29, 0.717) is 11.1 Å². The Labute approximate surface area is 122 Å². The van der Waals surface area contributed by atoms with E-state index in [4.69, 9.17) is 10.5 Å². The lowest BCUT2D eigenvalue weighted by molar-refractivity contribution is -0.0202. The molecule has 0 saturated carbocycles. The summed E-state index contributed by atoms with van der Waals surface area (Å²) in [6.45, 7) is 5.13. The van der Waals surface area contributed by atoms with Gasteiger partial charge in [0.15, 0.2) is 0 Å². The lowest BCUT2D eigenvalue weighted by Gasteiger charge is -2.22. The SMILES string of the molecule is C=NCNC1OC(C(N)c2ccc(C)c(F)c2)C(O)C1O. The van der Waals surface area contributed by atoms with E-state index in [2.05, 4.69) is 17.0 Å². The van der Waals surface area contributed by atoms with Crippen LogP contribution in [-0.2, 0) is 4.74 Å². The molecule has 1 aromatic carbocycles. The molecule has 1 fully saturated rings. The number of nitrogens with zero attached hydrogens (tertiary/aromatic N) is 1. The Hall–Kier alpha value is -1.38. The third-order valence-corrected chi connectivity index (χ3v) is 3.64. The maximum atomic E-state index is 13.6. The zero-order chi connectivity index (χ0) is 15.6. The summed E-state index contributed by atoms with van der Waals surface area (Å²) in [4.78, 5) is 3.59. The Morgan fingerprint density at radius 3 is 2.81 bits per heavy atom. The summed E-state index contributed by atoms with van der Waals surface area (Å²) in [5.41, 5.74) is 7.04. The molecule has 0 aliphatic carbocycles. The molecule has 0 spiro atoms. The second-order valence-corrected chi connectivity index (χ2v) is 5.12. The van der Waals surface area contributed by atoms with Crippen molar-refractivity contribution in [2.45, 2.75) is 37.5 Å². The lowest BCUT2D eigenvalue weighted by Crippen LogP contribution is -2.41. The van der Waals surface area contributed by atoms with Crippen molar-refractivity contribution in [1.82, 2.24) is 5.32 Å². The van der Waals surface area contributed by atoms with Crippen molar-refractivity contribution in [3.05, 3.63) is 35.1 Å². The fraction of sp³-hybridized carbons (Fsp3) is 0.500. The van der Waals surface area contributed by atoms with Gasteiger partial charge in [-0.25, -0.2) is 4.39 Å². The number of aliphatic imine (C=N–C) groups is 1. The number of hydrogen-bond acceptors (Lipinski definition) is 6. The fourth-order valence-corrected chi connectivity index (χ4v) is 2.33. The highest BCUT2D eigenvalue weighted by Crippen LogP contribution is 2.29. The number of aliphatic hydroxyl groups excluding tert-OH is 2. The summed E-state index contributed by atoms with van der Waals surface area (Å²) >= 11 is 0. The van der Waals surface area contributed by atoms with E-state index in [1.54, 1.807) is 19.1 Å². The van der Waals surface area contributed by atoms with Crippen LogP contribution in [0.3, 0.4) is 0 Å². The quantitative estimate of drug-likeness (QED) is 0.565. The van der Waals surface area contributed by atoms with Crippen LogP contribution in [0.25, 0.3) is 0 Å². The molecule has 1 aliphatic heterocycles. The van der Waals surface area contributed by atoms with Crippen molar-refractivity contribution in [1.29, 1.82) is 0 Å². The Balaban J connectivity index is 2.13. The van der Waals surface area contributed by atoms with Crippen LogP contribution < -0.4 is 11.1 Å². The van der Waals surface area contributed by atoms with Crippen molar-refractivity contribution < 1.29 is 19.3 Å². The monoisotopic (exact) mass is 297 g/mol. The minimum atomic E-state index is -1.17. The molecule has 0 bridgehead atoms. The van der Waals surface area contributed by atoms with Gasteiger partial charge >= 0.3 is 0 Å². The number of aliphatic hydroxyl groups is 2. The number of aryl methyl sites for hydroxylation is 1. The summed E-state index contributed by atoms with van der Waals surface area (Å²) in [7, 11) is 0. The molecule has 0 aromatic heterocycles. The van der Waals surface area contributed by atoms with Crippen LogP contribution in [-0.4, -0.2) is 48.1 Å². The van der Waals surface area contributed by atoms with Crippen LogP contribution in [0, 0.1) is 12.7 Å². The van der Waals surface area contributed by atoms with Crippen LogP contribution in [0.5, 0.6) is 0 Å². The number of nitrogens with one attached hydrogen (secondary N) is 1. The van der Waals surface area contributed by atoms with Crippen LogP contribution in [0.1, 0.15) is 17.2 Å². The highest BCUT2D eigenvalue weighted by Gasteiger charge is 2.45. The number of nitrogens with two attached hydrogens (primary N) is 1. The molecule has 2 rings (SSSR count). The van der Waals surface area contributed by atoms with Crippen molar-refractivity contribution in [3.8, 4) is 0 Å². The molecule has 1 saturated heterocycles. The average molecular weight is 297 g/mol. The van der Waals surface area contributed by atoms with Gasteiger partial charge in [-0.2, -0.15) is 0 Å². The number of rotatable bonds is 5. The molecular weight excluding hydrogens is 277 g/mol. The molecule has 7 heteroatoms. The van der Waals surface area contributed by atoms with E-state index in [9.17, 15) is 14.6 Å². The van der Waals surface area contributed by atoms with E-state index in [1.165, 1.54) is 6.07 Å². The standard InChI is InChI=1S/C14H20FN3O3/c1-7-3-4-8(5-9(7)15)10(16)13-11(19)12(20)14(21-13)18-6-17-2/h3-5,10-14,18-20H,2,6,16H2,1H3. The van der Waals surface area contributed by atoms with Gasteiger partial charge in [-0.3, -0.25) is 10.3 Å². The first kappa shape index (κ1) is 16.0.